The highest BCUT2D eigenvalue weighted by Gasteiger charge is 2.35. The second-order valence-corrected chi connectivity index (χ2v) is 22.3. The third-order valence-corrected chi connectivity index (χ3v) is 16.0. The van der Waals surface area contributed by atoms with Gasteiger partial charge < -0.3 is 31.1 Å². The Morgan fingerprint density at radius 2 is 0.889 bits per heavy atom. The number of hydrogen-bond acceptors (Lipinski definition) is 14. The number of aromatic nitrogens is 6. The molecule has 0 radical (unpaired) electrons. The smallest absolute Gasteiger partial charge is 0.276 e. The van der Waals surface area contributed by atoms with E-state index < -0.39 is 102 Å². The number of carbonyl (C=O) groups excluding carboxylic acids is 2. The van der Waals surface area contributed by atoms with Crippen molar-refractivity contribution in [2.75, 3.05) is 73.6 Å². The fourth-order valence-corrected chi connectivity index (χ4v) is 11.5. The van der Waals surface area contributed by atoms with Gasteiger partial charge in [0.1, 0.15) is 45.9 Å². The maximum atomic E-state index is 15.3. The van der Waals surface area contributed by atoms with Crippen molar-refractivity contribution in [2.45, 2.75) is 53.4 Å². The van der Waals surface area contributed by atoms with Crippen molar-refractivity contribution in [1.29, 1.82) is 10.5 Å². The van der Waals surface area contributed by atoms with Gasteiger partial charge >= 0.3 is 0 Å². The second kappa shape index (κ2) is 25.3. The number of hydrogen-bond donors (Lipinski definition) is 2. The lowest BCUT2D eigenvalue weighted by Gasteiger charge is -2.36. The summed E-state index contributed by atoms with van der Waals surface area (Å²) in [4.78, 5) is 77.2. The van der Waals surface area contributed by atoms with Gasteiger partial charge in [-0.3, -0.25) is 38.3 Å². The molecule has 4 N–H and O–H groups in total. The Morgan fingerprint density at radius 1 is 0.556 bits per heavy atom. The standard InChI is InChI=1S/2C31H26ClF4N7O2/c2*1-5-19(44)41-8-10-42(11-9-41)29-16-12-18(32)27(20-21(33)23(35)24(36)25(38)22(20)34)40-30(16)43(31(45)17(29)13-37)28-15(4)6-7-39-26(28)14(2)3/h2*5-7,12,14H,1,8-11,38H2,2-4H3. The molecule has 464 valence electrons. The first kappa shape index (κ1) is 64.6. The van der Waals surface area contributed by atoms with Gasteiger partial charge in [0.05, 0.1) is 66.7 Å². The topological polar surface area (TPSA) is 242 Å². The van der Waals surface area contributed by atoms with E-state index in [4.69, 9.17) is 34.7 Å². The molecule has 28 heteroatoms. The van der Waals surface area contributed by atoms with E-state index in [1.165, 1.54) is 24.3 Å². The molecule has 0 atom stereocenters. The summed E-state index contributed by atoms with van der Waals surface area (Å²) in [5.41, 5.74) is 5.03. The molecule has 2 fully saturated rings. The predicted molar refractivity (Wildman–Crippen MR) is 325 cm³/mol. The van der Waals surface area contributed by atoms with Gasteiger partial charge in [0, 0.05) is 75.5 Å². The van der Waals surface area contributed by atoms with Crippen molar-refractivity contribution >= 4 is 79.8 Å². The van der Waals surface area contributed by atoms with Crippen LogP contribution in [0.1, 0.15) is 73.2 Å². The average Bonchev–Trinajstić information content (AvgIpc) is 0.747. The number of benzene rings is 2. The van der Waals surface area contributed by atoms with Crippen molar-refractivity contribution in [1.82, 2.24) is 38.9 Å². The summed E-state index contributed by atoms with van der Waals surface area (Å²) in [5, 5.41) is 20.2. The Labute approximate surface area is 517 Å². The Hall–Kier alpha value is -9.92. The fraction of sp³-hybridized carbons (Fsp3) is 0.258. The number of nitrogen functional groups attached to an aromatic ring is 2. The van der Waals surface area contributed by atoms with Gasteiger partial charge in [-0.15, -0.1) is 0 Å². The Morgan fingerprint density at radius 3 is 1.19 bits per heavy atom. The van der Waals surface area contributed by atoms with Crippen LogP contribution in [0.5, 0.6) is 0 Å². The number of nitrogens with two attached hydrogens (primary N) is 2. The van der Waals surface area contributed by atoms with Crippen molar-refractivity contribution in [3.63, 3.8) is 0 Å². The van der Waals surface area contributed by atoms with Crippen LogP contribution in [0.15, 0.2) is 71.6 Å². The Kier molecular flexibility index (Phi) is 18.1. The van der Waals surface area contributed by atoms with Gasteiger partial charge in [0.25, 0.3) is 11.1 Å². The van der Waals surface area contributed by atoms with E-state index in [2.05, 4.69) is 33.1 Å². The van der Waals surface area contributed by atoms with Crippen molar-refractivity contribution in [3.05, 3.63) is 173 Å². The third kappa shape index (κ3) is 10.9. The maximum absolute atomic E-state index is 15.3. The highest BCUT2D eigenvalue weighted by atomic mass is 35.5. The normalized spacial score (nSPS) is 13.4. The molecule has 18 nitrogen and oxygen atoms in total. The molecule has 8 aromatic rings. The zero-order chi connectivity index (χ0) is 65.8. The largest absolute Gasteiger partial charge is 0.394 e. The van der Waals surface area contributed by atoms with Crippen LogP contribution in [0.4, 0.5) is 57.9 Å². The van der Waals surface area contributed by atoms with Crippen molar-refractivity contribution in [3.8, 4) is 46.0 Å². The van der Waals surface area contributed by atoms with E-state index >= 15 is 17.6 Å². The van der Waals surface area contributed by atoms with Crippen LogP contribution in [0, 0.1) is 83.0 Å². The van der Waals surface area contributed by atoms with Crippen LogP contribution < -0.4 is 32.4 Å². The monoisotopic (exact) mass is 1280 g/mol. The average molecular weight is 1280 g/mol. The summed E-state index contributed by atoms with van der Waals surface area (Å²) >= 11 is 13.1. The lowest BCUT2D eigenvalue weighted by atomic mass is 10.0. The quantitative estimate of drug-likeness (QED) is 0.0426. The molecule has 0 saturated carbocycles. The molecule has 2 aromatic carbocycles. The van der Waals surface area contributed by atoms with Crippen LogP contribution in [0.25, 0.3) is 56.0 Å². The number of anilines is 4. The number of piperazine rings is 2. The number of amides is 2. The van der Waals surface area contributed by atoms with Crippen LogP contribution in [-0.4, -0.2) is 103 Å². The molecule has 10 rings (SSSR count). The number of halogens is 10. The fourth-order valence-electron chi connectivity index (χ4n) is 11.0. The summed E-state index contributed by atoms with van der Waals surface area (Å²) < 4.78 is 120. The summed E-state index contributed by atoms with van der Waals surface area (Å²) in [7, 11) is 0. The Bertz CT molecular complexity index is 4260. The molecular formula is C62H52Cl2F8N14O4. The number of carbonyl (C=O) groups is 2. The summed E-state index contributed by atoms with van der Waals surface area (Å²) in [6.07, 6.45) is 5.47. The highest BCUT2D eigenvalue weighted by molar-refractivity contribution is 6.34. The summed E-state index contributed by atoms with van der Waals surface area (Å²) in [5.74, 6) is -16.0. The number of rotatable bonds is 10. The SMILES string of the molecule is C=CC(=O)N1CCN(c2c(C#N)c(=O)n(-c3c(C)ccnc3C(C)C)c3nc(-c4c(F)c(N)c(F)c(F)c4F)c(Cl)cc23)CC1.C=CC(=O)N1CCN(c2c(C#N)c(=O)n(-c3c(C)ccnc3C(C)C)c3nc(-c4c(F)c(N)c(F)c(F)c4F)c(Cl)cc23)CC1. The molecule has 2 aliphatic heterocycles. The molecule has 2 amide bonds. The lowest BCUT2D eigenvalue weighted by Crippen LogP contribution is -2.49. The van der Waals surface area contributed by atoms with E-state index in [1.807, 2.05) is 39.8 Å². The summed E-state index contributed by atoms with van der Waals surface area (Å²) in [6, 6.07) is 9.77. The number of nitrogens with zero attached hydrogens (tertiary/aromatic N) is 12. The van der Waals surface area contributed by atoms with Crippen molar-refractivity contribution in [2.24, 2.45) is 0 Å². The first-order valence-corrected chi connectivity index (χ1v) is 28.3. The van der Waals surface area contributed by atoms with Gasteiger partial charge in [0.15, 0.2) is 46.5 Å². The summed E-state index contributed by atoms with van der Waals surface area (Å²) in [6.45, 7) is 19.6. The molecule has 8 heterocycles. The highest BCUT2D eigenvalue weighted by Crippen LogP contribution is 2.43. The number of pyridine rings is 6. The molecule has 0 aliphatic carbocycles. The number of fused-ring (bicyclic) bond motifs is 2. The van der Waals surface area contributed by atoms with E-state index in [0.717, 1.165) is 9.13 Å². The van der Waals surface area contributed by atoms with E-state index in [0.29, 0.717) is 22.5 Å². The minimum Gasteiger partial charge on any atom is -0.394 e. The Balaban J connectivity index is 0.000000213. The first-order valence-electron chi connectivity index (χ1n) is 27.5. The van der Waals surface area contributed by atoms with E-state index in [9.17, 15) is 47.3 Å². The lowest BCUT2D eigenvalue weighted by molar-refractivity contribution is -0.127. The zero-order valence-corrected chi connectivity index (χ0v) is 50.3. The first-order chi connectivity index (χ1) is 42.7. The predicted octanol–water partition coefficient (Wildman–Crippen LogP) is 10.8. The minimum atomic E-state index is -2.03. The van der Waals surface area contributed by atoms with Gasteiger partial charge in [-0.1, -0.05) is 64.1 Å². The van der Waals surface area contributed by atoms with Gasteiger partial charge in [-0.25, -0.2) is 45.1 Å². The zero-order valence-electron chi connectivity index (χ0n) is 48.8. The minimum absolute atomic E-state index is 0.138. The molecule has 0 spiro atoms. The van der Waals surface area contributed by atoms with Crippen LogP contribution in [0.2, 0.25) is 10.0 Å². The van der Waals surface area contributed by atoms with E-state index in [1.54, 1.807) is 58.0 Å². The molecule has 6 aromatic heterocycles. The van der Waals surface area contributed by atoms with Crippen molar-refractivity contribution < 1.29 is 44.7 Å². The van der Waals surface area contributed by atoms with E-state index in [-0.39, 0.29) is 132 Å². The maximum Gasteiger partial charge on any atom is 0.276 e. The number of aryl methyl sites for hydroxylation is 2. The molecule has 90 heavy (non-hydrogen) atoms. The second-order valence-electron chi connectivity index (χ2n) is 21.5. The number of nitriles is 2. The van der Waals surface area contributed by atoms with Gasteiger partial charge in [-0.2, -0.15) is 10.5 Å². The molecule has 2 saturated heterocycles. The molecular weight excluding hydrogens is 1230 g/mol. The van der Waals surface area contributed by atoms with Crippen LogP contribution >= 0.6 is 23.2 Å². The molecule has 0 unspecified atom stereocenters. The van der Waals surface area contributed by atoms with Gasteiger partial charge in [0.2, 0.25) is 11.8 Å². The van der Waals surface area contributed by atoms with Crippen LogP contribution in [-0.2, 0) is 9.59 Å². The van der Waals surface area contributed by atoms with Crippen LogP contribution in [0.3, 0.4) is 0 Å². The molecule has 2 aliphatic rings. The van der Waals surface area contributed by atoms with Gasteiger partial charge in [-0.05, 0) is 73.2 Å². The molecule has 0 bridgehead atoms. The third-order valence-electron chi connectivity index (χ3n) is 15.5.